The van der Waals surface area contributed by atoms with E-state index in [-0.39, 0.29) is 47.1 Å². The summed E-state index contributed by atoms with van der Waals surface area (Å²) in [4.78, 5) is 33.2. The van der Waals surface area contributed by atoms with Crippen LogP contribution in [0, 0.1) is 12.8 Å². The van der Waals surface area contributed by atoms with Crippen molar-refractivity contribution in [3.8, 4) is 11.5 Å². The molecule has 0 atom stereocenters. The Kier molecular flexibility index (Phi) is 7.93. The lowest BCUT2D eigenvalue weighted by molar-refractivity contribution is 0.0461. The number of ether oxygens (including phenoxy) is 4. The van der Waals surface area contributed by atoms with Gasteiger partial charge in [0.1, 0.15) is 17.1 Å². The molecular formula is C24H29N3O7. The van der Waals surface area contributed by atoms with E-state index < -0.39 is 11.9 Å². The number of furan rings is 1. The Hall–Kier alpha value is -3.82. The monoisotopic (exact) mass is 471 g/mol. The lowest BCUT2D eigenvalue weighted by Gasteiger charge is -2.13. The Morgan fingerprint density at radius 3 is 2.56 bits per heavy atom. The first kappa shape index (κ1) is 24.8. The standard InChI is InChI=1S/C24H29N3O7/c1-6-31-24(29)19-14(4)34-22-20(19)21(25)26-18(27-22)12-33-23(28)15-7-8-16(17(11-15)30-5)32-10-9-13(2)3/h7-8,11,13H,6,9-10,12H2,1-5H3,(H2,25,26,27). The second kappa shape index (κ2) is 10.9. The van der Waals surface area contributed by atoms with Gasteiger partial charge < -0.3 is 29.1 Å². The van der Waals surface area contributed by atoms with E-state index in [1.165, 1.54) is 7.11 Å². The largest absolute Gasteiger partial charge is 0.493 e. The van der Waals surface area contributed by atoms with Crippen molar-refractivity contribution in [3.05, 3.63) is 40.9 Å². The van der Waals surface area contributed by atoms with Crippen LogP contribution in [0.4, 0.5) is 5.82 Å². The first-order chi connectivity index (χ1) is 16.2. The SMILES string of the molecule is CCOC(=O)c1c(C)oc2nc(COC(=O)c3ccc(OCCC(C)C)c(OC)c3)nc(N)c12. The summed E-state index contributed by atoms with van der Waals surface area (Å²) in [6.45, 7) is 8.03. The lowest BCUT2D eigenvalue weighted by atomic mass is 10.1. The summed E-state index contributed by atoms with van der Waals surface area (Å²) in [6, 6.07) is 4.81. The number of nitrogens with zero attached hydrogens (tertiary/aromatic N) is 2. The Morgan fingerprint density at radius 2 is 1.88 bits per heavy atom. The number of aromatic nitrogens is 2. The van der Waals surface area contributed by atoms with Crippen LogP contribution in [0.15, 0.2) is 22.6 Å². The molecule has 3 rings (SSSR count). The smallest absolute Gasteiger partial charge is 0.342 e. The predicted octanol–water partition coefficient (Wildman–Crippen LogP) is 4.08. The molecule has 0 aliphatic rings. The topological polar surface area (TPSA) is 136 Å². The van der Waals surface area contributed by atoms with Crippen molar-refractivity contribution in [2.45, 2.75) is 40.7 Å². The highest BCUT2D eigenvalue weighted by molar-refractivity contribution is 6.07. The van der Waals surface area contributed by atoms with Crippen LogP contribution in [0.3, 0.4) is 0 Å². The van der Waals surface area contributed by atoms with Crippen molar-refractivity contribution < 1.29 is 33.0 Å². The highest BCUT2D eigenvalue weighted by Crippen LogP contribution is 2.30. The first-order valence-corrected chi connectivity index (χ1v) is 11.0. The van der Waals surface area contributed by atoms with Crippen molar-refractivity contribution in [1.82, 2.24) is 9.97 Å². The van der Waals surface area contributed by atoms with Gasteiger partial charge in [-0.15, -0.1) is 0 Å². The van der Waals surface area contributed by atoms with E-state index in [2.05, 4.69) is 23.8 Å². The second-order valence-electron chi connectivity index (χ2n) is 7.93. The van der Waals surface area contributed by atoms with E-state index in [9.17, 15) is 9.59 Å². The number of anilines is 1. The van der Waals surface area contributed by atoms with Gasteiger partial charge in [-0.2, -0.15) is 4.98 Å². The number of carbonyl (C=O) groups excluding carboxylic acids is 2. The maximum absolute atomic E-state index is 12.6. The van der Waals surface area contributed by atoms with E-state index in [0.29, 0.717) is 29.8 Å². The zero-order valence-electron chi connectivity index (χ0n) is 20.0. The summed E-state index contributed by atoms with van der Waals surface area (Å²) < 4.78 is 27.1. The molecule has 3 aromatic rings. The van der Waals surface area contributed by atoms with Crippen molar-refractivity contribution in [2.24, 2.45) is 5.92 Å². The molecule has 0 aliphatic carbocycles. The number of aryl methyl sites for hydroxylation is 1. The van der Waals surface area contributed by atoms with E-state index in [4.69, 9.17) is 29.1 Å². The molecule has 182 valence electrons. The van der Waals surface area contributed by atoms with Crippen LogP contribution >= 0.6 is 0 Å². The average molecular weight is 472 g/mol. The number of hydrogen-bond donors (Lipinski definition) is 1. The first-order valence-electron chi connectivity index (χ1n) is 11.0. The van der Waals surface area contributed by atoms with Crippen LogP contribution in [0.2, 0.25) is 0 Å². The van der Waals surface area contributed by atoms with Crippen LogP contribution in [0.25, 0.3) is 11.1 Å². The van der Waals surface area contributed by atoms with Gasteiger partial charge in [0.05, 0.1) is 31.3 Å². The number of carbonyl (C=O) groups is 2. The highest BCUT2D eigenvalue weighted by Gasteiger charge is 2.24. The second-order valence-corrected chi connectivity index (χ2v) is 7.93. The van der Waals surface area contributed by atoms with Crippen LogP contribution < -0.4 is 15.2 Å². The van der Waals surface area contributed by atoms with Crippen LogP contribution in [-0.4, -0.2) is 42.2 Å². The zero-order valence-corrected chi connectivity index (χ0v) is 20.0. The molecule has 0 saturated carbocycles. The van der Waals surface area contributed by atoms with Gasteiger partial charge in [0.2, 0.25) is 5.71 Å². The van der Waals surface area contributed by atoms with Crippen molar-refractivity contribution in [3.63, 3.8) is 0 Å². The number of esters is 2. The van der Waals surface area contributed by atoms with Gasteiger partial charge >= 0.3 is 11.9 Å². The maximum Gasteiger partial charge on any atom is 0.342 e. The Labute approximate surface area is 197 Å². The summed E-state index contributed by atoms with van der Waals surface area (Å²) >= 11 is 0. The molecule has 10 nitrogen and oxygen atoms in total. The van der Waals surface area contributed by atoms with E-state index >= 15 is 0 Å². The third-order valence-electron chi connectivity index (χ3n) is 4.97. The molecule has 0 fully saturated rings. The van der Waals surface area contributed by atoms with E-state index in [1.54, 1.807) is 32.0 Å². The molecule has 0 amide bonds. The molecule has 10 heteroatoms. The molecule has 0 aliphatic heterocycles. The molecule has 0 saturated heterocycles. The summed E-state index contributed by atoms with van der Waals surface area (Å²) in [5.41, 5.74) is 6.62. The van der Waals surface area contributed by atoms with Crippen molar-refractivity contribution in [2.75, 3.05) is 26.1 Å². The molecule has 2 aromatic heterocycles. The minimum absolute atomic E-state index is 0.0283. The molecule has 0 unspecified atom stereocenters. The Balaban J connectivity index is 1.73. The number of nitrogen functional groups attached to an aromatic ring is 1. The minimum atomic E-state index is -0.600. The quantitative estimate of drug-likeness (QED) is 0.431. The molecular weight excluding hydrogens is 442 g/mol. The van der Waals surface area contributed by atoms with Crippen LogP contribution in [0.1, 0.15) is 59.5 Å². The molecule has 1 aromatic carbocycles. The van der Waals surface area contributed by atoms with Gasteiger partial charge in [0.15, 0.2) is 23.9 Å². The van der Waals surface area contributed by atoms with Crippen LogP contribution in [-0.2, 0) is 16.1 Å². The Bertz CT molecular complexity index is 1190. The molecule has 2 N–H and O–H groups in total. The fourth-order valence-electron chi connectivity index (χ4n) is 3.23. The van der Waals surface area contributed by atoms with E-state index in [0.717, 1.165) is 6.42 Å². The van der Waals surface area contributed by atoms with Gasteiger partial charge in [-0.3, -0.25) is 0 Å². The normalized spacial score (nSPS) is 11.0. The predicted molar refractivity (Wildman–Crippen MR) is 124 cm³/mol. The summed E-state index contributed by atoms with van der Waals surface area (Å²) in [7, 11) is 1.50. The van der Waals surface area contributed by atoms with Gasteiger partial charge in [-0.1, -0.05) is 13.8 Å². The molecule has 2 heterocycles. The Morgan fingerprint density at radius 1 is 1.12 bits per heavy atom. The van der Waals surface area contributed by atoms with Crippen molar-refractivity contribution >= 4 is 28.9 Å². The van der Waals surface area contributed by atoms with Gasteiger partial charge in [0, 0.05) is 0 Å². The number of fused-ring (bicyclic) bond motifs is 1. The van der Waals surface area contributed by atoms with E-state index in [1.807, 2.05) is 0 Å². The molecule has 34 heavy (non-hydrogen) atoms. The third kappa shape index (κ3) is 5.56. The number of rotatable bonds is 10. The average Bonchev–Trinajstić information content (AvgIpc) is 3.13. The number of hydrogen-bond acceptors (Lipinski definition) is 10. The minimum Gasteiger partial charge on any atom is -0.493 e. The molecule has 0 spiro atoms. The summed E-state index contributed by atoms with van der Waals surface area (Å²) in [6.07, 6.45) is 0.900. The van der Waals surface area contributed by atoms with Gasteiger partial charge in [-0.25, -0.2) is 14.6 Å². The fourth-order valence-corrected chi connectivity index (χ4v) is 3.23. The van der Waals surface area contributed by atoms with Gasteiger partial charge in [0.25, 0.3) is 0 Å². The van der Waals surface area contributed by atoms with Crippen LogP contribution in [0.5, 0.6) is 11.5 Å². The lowest BCUT2D eigenvalue weighted by Crippen LogP contribution is -2.10. The summed E-state index contributed by atoms with van der Waals surface area (Å²) in [5, 5.41) is 0.267. The zero-order chi connectivity index (χ0) is 24.8. The molecule has 0 bridgehead atoms. The number of nitrogens with two attached hydrogens (primary N) is 1. The van der Waals surface area contributed by atoms with Crippen molar-refractivity contribution in [1.29, 1.82) is 0 Å². The number of methoxy groups -OCH3 is 1. The van der Waals surface area contributed by atoms with Gasteiger partial charge in [-0.05, 0) is 44.4 Å². The number of benzene rings is 1. The molecule has 0 radical (unpaired) electrons. The maximum atomic E-state index is 12.6. The highest BCUT2D eigenvalue weighted by atomic mass is 16.5. The third-order valence-corrected chi connectivity index (χ3v) is 4.97. The fraction of sp³-hybridized carbons (Fsp3) is 0.417. The summed E-state index contributed by atoms with van der Waals surface area (Å²) in [5.74, 6) is 0.785.